The highest BCUT2D eigenvalue weighted by atomic mass is 79.9. The van der Waals surface area contributed by atoms with Gasteiger partial charge in [0.1, 0.15) is 12.7 Å². The number of hydrogen-bond donors (Lipinski definition) is 0. The average Bonchev–Trinajstić information content (AvgIpc) is 2.62. The SMILES string of the molecule is CC(=O)OC[C@H]1OC(OC(=O)CCCBr)[C@H](OC(C)=O)[C@@H](OC(C)=O)[C@@H]1OC(C)=O. The van der Waals surface area contributed by atoms with Gasteiger partial charge < -0.3 is 28.4 Å². The standard InChI is InChI=1S/C18H25BrO11/c1-9(20)25-8-13-15(26-10(2)21)16(27-11(3)22)17(28-12(4)23)18(29-13)30-14(24)6-5-7-19/h13,15-18H,5-8H2,1-4H3/t13-,15-,16+,17-,18?/m1/s1. The van der Waals surface area contributed by atoms with Crippen molar-refractivity contribution >= 4 is 45.8 Å². The lowest BCUT2D eigenvalue weighted by molar-refractivity contribution is -0.300. The Morgan fingerprint density at radius 2 is 1.30 bits per heavy atom. The average molecular weight is 497 g/mol. The van der Waals surface area contributed by atoms with Crippen LogP contribution in [0.25, 0.3) is 0 Å². The molecule has 1 aliphatic rings. The van der Waals surface area contributed by atoms with E-state index in [9.17, 15) is 24.0 Å². The van der Waals surface area contributed by atoms with E-state index in [4.69, 9.17) is 28.4 Å². The Balaban J connectivity index is 3.27. The molecule has 0 aromatic rings. The summed E-state index contributed by atoms with van der Waals surface area (Å²) in [6, 6.07) is 0. The van der Waals surface area contributed by atoms with Crippen LogP contribution in [-0.4, -0.2) is 72.5 Å². The second kappa shape index (κ2) is 12.5. The molecule has 1 fully saturated rings. The highest BCUT2D eigenvalue weighted by Gasteiger charge is 2.53. The zero-order valence-electron chi connectivity index (χ0n) is 17.1. The Labute approximate surface area is 181 Å². The molecule has 0 bridgehead atoms. The predicted molar refractivity (Wildman–Crippen MR) is 101 cm³/mol. The molecule has 0 radical (unpaired) electrons. The molecule has 1 unspecified atom stereocenters. The Hall–Kier alpha value is -2.21. The summed E-state index contributed by atoms with van der Waals surface area (Å²) in [7, 11) is 0. The third kappa shape index (κ3) is 8.66. The van der Waals surface area contributed by atoms with Gasteiger partial charge in [0.15, 0.2) is 12.2 Å². The molecule has 1 heterocycles. The third-order valence-corrected chi connectivity index (χ3v) is 4.27. The summed E-state index contributed by atoms with van der Waals surface area (Å²) in [5, 5.41) is 0.556. The maximum Gasteiger partial charge on any atom is 0.308 e. The number of hydrogen-bond acceptors (Lipinski definition) is 11. The van der Waals surface area contributed by atoms with E-state index in [0.29, 0.717) is 11.8 Å². The molecule has 170 valence electrons. The van der Waals surface area contributed by atoms with Crippen molar-refractivity contribution < 1.29 is 52.4 Å². The van der Waals surface area contributed by atoms with Crippen LogP contribution in [0.4, 0.5) is 0 Å². The topological polar surface area (TPSA) is 141 Å². The number of rotatable bonds is 9. The molecule has 1 rings (SSSR count). The van der Waals surface area contributed by atoms with Crippen LogP contribution in [0.15, 0.2) is 0 Å². The van der Waals surface area contributed by atoms with E-state index >= 15 is 0 Å². The van der Waals surface area contributed by atoms with Gasteiger partial charge in [-0.2, -0.15) is 0 Å². The van der Waals surface area contributed by atoms with E-state index in [0.717, 1.165) is 27.7 Å². The van der Waals surface area contributed by atoms with Gasteiger partial charge in [-0.05, 0) is 6.42 Å². The highest BCUT2D eigenvalue weighted by molar-refractivity contribution is 9.09. The lowest BCUT2D eigenvalue weighted by atomic mass is 9.98. The monoisotopic (exact) mass is 496 g/mol. The van der Waals surface area contributed by atoms with Gasteiger partial charge in [0, 0.05) is 39.4 Å². The van der Waals surface area contributed by atoms with Crippen LogP contribution in [0, 0.1) is 0 Å². The summed E-state index contributed by atoms with van der Waals surface area (Å²) in [4.78, 5) is 58.3. The van der Waals surface area contributed by atoms with Crippen molar-refractivity contribution in [3.8, 4) is 0 Å². The summed E-state index contributed by atoms with van der Waals surface area (Å²) in [5.41, 5.74) is 0. The van der Waals surface area contributed by atoms with Crippen LogP contribution in [-0.2, 0) is 52.4 Å². The quantitative estimate of drug-likeness (QED) is 0.254. The molecule has 0 aromatic carbocycles. The van der Waals surface area contributed by atoms with Gasteiger partial charge in [-0.3, -0.25) is 24.0 Å². The second-order valence-corrected chi connectivity index (χ2v) is 7.14. The Morgan fingerprint density at radius 1 is 0.767 bits per heavy atom. The first-order chi connectivity index (χ1) is 14.0. The molecule has 0 spiro atoms. The van der Waals surface area contributed by atoms with E-state index in [1.165, 1.54) is 0 Å². The van der Waals surface area contributed by atoms with E-state index < -0.39 is 67.2 Å². The molecule has 1 saturated heterocycles. The maximum absolute atomic E-state index is 12.1. The number of carbonyl (C=O) groups is 5. The van der Waals surface area contributed by atoms with Gasteiger partial charge in [0.2, 0.25) is 12.4 Å². The van der Waals surface area contributed by atoms with Gasteiger partial charge in [-0.1, -0.05) is 15.9 Å². The normalized spacial score (nSPS) is 25.6. The van der Waals surface area contributed by atoms with Crippen LogP contribution in [0.3, 0.4) is 0 Å². The lowest BCUT2D eigenvalue weighted by Crippen LogP contribution is -2.63. The zero-order chi connectivity index (χ0) is 22.8. The molecule has 0 aliphatic carbocycles. The number of ether oxygens (including phenoxy) is 6. The van der Waals surface area contributed by atoms with E-state index in [1.54, 1.807) is 0 Å². The largest absolute Gasteiger partial charge is 0.463 e. The van der Waals surface area contributed by atoms with Crippen molar-refractivity contribution in [3.63, 3.8) is 0 Å². The van der Waals surface area contributed by atoms with Crippen molar-refractivity contribution in [2.75, 3.05) is 11.9 Å². The lowest BCUT2D eigenvalue weighted by Gasteiger charge is -2.43. The van der Waals surface area contributed by atoms with Crippen molar-refractivity contribution in [1.29, 1.82) is 0 Å². The smallest absolute Gasteiger partial charge is 0.308 e. The van der Waals surface area contributed by atoms with Gasteiger partial charge in [0.05, 0.1) is 0 Å². The van der Waals surface area contributed by atoms with Crippen molar-refractivity contribution in [2.45, 2.75) is 71.2 Å². The molecule has 12 heteroatoms. The minimum absolute atomic E-state index is 0.0398. The molecule has 0 saturated carbocycles. The maximum atomic E-state index is 12.1. The molecule has 30 heavy (non-hydrogen) atoms. The molecule has 0 aromatic heterocycles. The summed E-state index contributed by atoms with van der Waals surface area (Å²) in [6.07, 6.45) is -6.23. The Kier molecular flexibility index (Phi) is 10.7. The van der Waals surface area contributed by atoms with E-state index in [2.05, 4.69) is 15.9 Å². The molecule has 1 aliphatic heterocycles. The number of halogens is 1. The number of esters is 5. The van der Waals surface area contributed by atoms with Crippen molar-refractivity contribution in [3.05, 3.63) is 0 Å². The summed E-state index contributed by atoms with van der Waals surface area (Å²) in [5.74, 6) is -3.59. The van der Waals surface area contributed by atoms with Gasteiger partial charge in [0.25, 0.3) is 0 Å². The Morgan fingerprint density at radius 3 is 1.80 bits per heavy atom. The van der Waals surface area contributed by atoms with Crippen LogP contribution >= 0.6 is 15.9 Å². The fraction of sp³-hybridized carbons (Fsp3) is 0.722. The third-order valence-electron chi connectivity index (χ3n) is 3.71. The molecule has 5 atom stereocenters. The fourth-order valence-corrected chi connectivity index (χ4v) is 2.96. The van der Waals surface area contributed by atoms with E-state index in [-0.39, 0.29) is 6.42 Å². The van der Waals surface area contributed by atoms with Gasteiger partial charge >= 0.3 is 29.8 Å². The number of carbonyl (C=O) groups excluding carboxylic acids is 5. The Bertz CT molecular complexity index is 650. The fourth-order valence-electron chi connectivity index (χ4n) is 2.68. The van der Waals surface area contributed by atoms with Gasteiger partial charge in [-0.15, -0.1) is 0 Å². The predicted octanol–water partition coefficient (Wildman–Crippen LogP) is 0.788. The molecular weight excluding hydrogens is 472 g/mol. The summed E-state index contributed by atoms with van der Waals surface area (Å²) < 4.78 is 31.5. The second-order valence-electron chi connectivity index (χ2n) is 6.35. The van der Waals surface area contributed by atoms with Crippen LogP contribution < -0.4 is 0 Å². The first-order valence-electron chi connectivity index (χ1n) is 9.11. The van der Waals surface area contributed by atoms with E-state index in [1.807, 2.05) is 0 Å². The minimum Gasteiger partial charge on any atom is -0.463 e. The number of alkyl halides is 1. The summed E-state index contributed by atoms with van der Waals surface area (Å²) in [6.45, 7) is 4.07. The molecule has 0 amide bonds. The van der Waals surface area contributed by atoms with Crippen LogP contribution in [0.5, 0.6) is 0 Å². The molecule has 11 nitrogen and oxygen atoms in total. The first-order valence-corrected chi connectivity index (χ1v) is 10.2. The molecule has 0 N–H and O–H groups in total. The van der Waals surface area contributed by atoms with Crippen LogP contribution in [0.2, 0.25) is 0 Å². The van der Waals surface area contributed by atoms with Gasteiger partial charge in [-0.25, -0.2) is 0 Å². The van der Waals surface area contributed by atoms with Crippen LogP contribution in [0.1, 0.15) is 40.5 Å². The van der Waals surface area contributed by atoms with Crippen molar-refractivity contribution in [2.24, 2.45) is 0 Å². The summed E-state index contributed by atoms with van der Waals surface area (Å²) >= 11 is 3.20. The molecular formula is C18H25BrO11. The van der Waals surface area contributed by atoms with Crippen molar-refractivity contribution in [1.82, 2.24) is 0 Å². The first kappa shape index (κ1) is 25.8. The zero-order valence-corrected chi connectivity index (χ0v) is 18.7. The minimum atomic E-state index is -1.49. The highest BCUT2D eigenvalue weighted by Crippen LogP contribution is 2.30.